The standard InChI is InChI=1S/C28H46O6/c29-27(30)21-13-9-5-1-3-7-11-17-23-33-25-19-15-16-20-26(25)34-24-18-12-8-4-2-6-10-14-22-28(31)32/h15-16,19-20H,1-14,17-18,21-24H2,(H,29,30)(H,31,32). The van der Waals surface area contributed by atoms with Gasteiger partial charge in [-0.3, -0.25) is 9.59 Å². The van der Waals surface area contributed by atoms with Crippen molar-refractivity contribution < 1.29 is 29.3 Å². The molecule has 1 aromatic carbocycles. The molecular weight excluding hydrogens is 432 g/mol. The Labute approximate surface area is 206 Å². The summed E-state index contributed by atoms with van der Waals surface area (Å²) in [5.41, 5.74) is 0. The Morgan fingerprint density at radius 2 is 0.794 bits per heavy atom. The van der Waals surface area contributed by atoms with E-state index in [0.29, 0.717) is 26.1 Å². The van der Waals surface area contributed by atoms with Crippen LogP contribution in [0.5, 0.6) is 11.5 Å². The van der Waals surface area contributed by atoms with E-state index in [4.69, 9.17) is 19.7 Å². The zero-order valence-corrected chi connectivity index (χ0v) is 21.0. The molecule has 1 aromatic rings. The third-order valence-electron chi connectivity index (χ3n) is 5.93. The average molecular weight is 479 g/mol. The lowest BCUT2D eigenvalue weighted by molar-refractivity contribution is -0.138. The number of hydrogen-bond acceptors (Lipinski definition) is 4. The molecule has 0 heterocycles. The molecule has 6 heteroatoms. The van der Waals surface area contributed by atoms with Crippen LogP contribution in [0.1, 0.15) is 116 Å². The van der Waals surface area contributed by atoms with Gasteiger partial charge < -0.3 is 19.7 Å². The van der Waals surface area contributed by atoms with E-state index in [1.807, 2.05) is 24.3 Å². The number of aliphatic carboxylic acids is 2. The first-order chi connectivity index (χ1) is 16.6. The molecular formula is C28H46O6. The number of ether oxygens (including phenoxy) is 2. The van der Waals surface area contributed by atoms with Crippen molar-refractivity contribution in [1.29, 1.82) is 0 Å². The number of hydrogen-bond donors (Lipinski definition) is 2. The number of carboxylic acid groups (broad SMARTS) is 2. The first-order valence-electron chi connectivity index (χ1n) is 13.4. The topological polar surface area (TPSA) is 93.1 Å². The van der Waals surface area contributed by atoms with E-state index >= 15 is 0 Å². The molecule has 0 aliphatic rings. The molecule has 0 unspecified atom stereocenters. The maximum Gasteiger partial charge on any atom is 0.303 e. The smallest absolute Gasteiger partial charge is 0.303 e. The van der Waals surface area contributed by atoms with Gasteiger partial charge in [-0.2, -0.15) is 0 Å². The van der Waals surface area contributed by atoms with Gasteiger partial charge in [0.25, 0.3) is 0 Å². The normalized spacial score (nSPS) is 10.8. The van der Waals surface area contributed by atoms with Crippen molar-refractivity contribution in [2.75, 3.05) is 13.2 Å². The maximum atomic E-state index is 10.5. The highest BCUT2D eigenvalue weighted by Gasteiger charge is 2.04. The van der Waals surface area contributed by atoms with Crippen LogP contribution < -0.4 is 9.47 Å². The number of unbranched alkanes of at least 4 members (excludes halogenated alkanes) is 14. The van der Waals surface area contributed by atoms with Crippen LogP contribution in [-0.2, 0) is 9.59 Å². The Morgan fingerprint density at radius 1 is 0.500 bits per heavy atom. The highest BCUT2D eigenvalue weighted by Crippen LogP contribution is 2.27. The molecule has 6 nitrogen and oxygen atoms in total. The summed E-state index contributed by atoms with van der Waals surface area (Å²) >= 11 is 0. The van der Waals surface area contributed by atoms with Gasteiger partial charge in [0.1, 0.15) is 0 Å². The monoisotopic (exact) mass is 478 g/mol. The molecule has 0 aromatic heterocycles. The molecule has 2 N–H and O–H groups in total. The highest BCUT2D eigenvalue weighted by molar-refractivity contribution is 5.66. The number of carboxylic acids is 2. The van der Waals surface area contributed by atoms with Crippen molar-refractivity contribution in [3.05, 3.63) is 24.3 Å². The number of carbonyl (C=O) groups is 2. The van der Waals surface area contributed by atoms with Crippen LogP contribution in [-0.4, -0.2) is 35.4 Å². The third-order valence-corrected chi connectivity index (χ3v) is 5.93. The van der Waals surface area contributed by atoms with Gasteiger partial charge in [-0.15, -0.1) is 0 Å². The zero-order valence-electron chi connectivity index (χ0n) is 21.0. The van der Waals surface area contributed by atoms with Gasteiger partial charge in [-0.05, 0) is 37.8 Å². The van der Waals surface area contributed by atoms with Gasteiger partial charge in [-0.25, -0.2) is 0 Å². The van der Waals surface area contributed by atoms with Crippen LogP contribution in [0.3, 0.4) is 0 Å². The molecule has 0 aliphatic heterocycles. The molecule has 1 rings (SSSR count). The van der Waals surface area contributed by atoms with Crippen LogP contribution in [0.25, 0.3) is 0 Å². The predicted octanol–water partition coefficient (Wildman–Crippen LogP) is 7.64. The van der Waals surface area contributed by atoms with E-state index in [-0.39, 0.29) is 0 Å². The molecule has 0 amide bonds. The average Bonchev–Trinajstić information content (AvgIpc) is 2.81. The first kappa shape index (κ1) is 29.8. The minimum Gasteiger partial charge on any atom is -0.490 e. The van der Waals surface area contributed by atoms with E-state index in [9.17, 15) is 9.59 Å². The summed E-state index contributed by atoms with van der Waals surface area (Å²) < 4.78 is 11.9. The molecule has 194 valence electrons. The van der Waals surface area contributed by atoms with Gasteiger partial charge >= 0.3 is 11.9 Å². The minimum atomic E-state index is -0.693. The van der Waals surface area contributed by atoms with Crippen LogP contribution >= 0.6 is 0 Å². The van der Waals surface area contributed by atoms with E-state index in [1.54, 1.807) is 0 Å². The van der Waals surface area contributed by atoms with Crippen LogP contribution in [0.4, 0.5) is 0 Å². The summed E-state index contributed by atoms with van der Waals surface area (Å²) in [6.07, 6.45) is 18.0. The van der Waals surface area contributed by atoms with Gasteiger partial charge in [0.05, 0.1) is 13.2 Å². The predicted molar refractivity (Wildman–Crippen MR) is 136 cm³/mol. The van der Waals surface area contributed by atoms with Crippen molar-refractivity contribution in [3.8, 4) is 11.5 Å². The van der Waals surface area contributed by atoms with Gasteiger partial charge in [-0.1, -0.05) is 89.2 Å². The molecule has 0 radical (unpaired) electrons. The largest absolute Gasteiger partial charge is 0.490 e. The summed E-state index contributed by atoms with van der Waals surface area (Å²) in [4.78, 5) is 20.9. The second-order valence-corrected chi connectivity index (χ2v) is 9.09. The quantitative estimate of drug-likeness (QED) is 0.148. The van der Waals surface area contributed by atoms with E-state index < -0.39 is 11.9 Å². The lowest BCUT2D eigenvalue weighted by Crippen LogP contribution is -2.02. The van der Waals surface area contributed by atoms with Crippen molar-refractivity contribution >= 4 is 11.9 Å². The highest BCUT2D eigenvalue weighted by atomic mass is 16.5. The Bertz CT molecular complexity index is 591. The molecule has 0 saturated carbocycles. The summed E-state index contributed by atoms with van der Waals surface area (Å²) in [5, 5.41) is 17.3. The van der Waals surface area contributed by atoms with Gasteiger partial charge in [0, 0.05) is 12.8 Å². The van der Waals surface area contributed by atoms with Crippen molar-refractivity contribution in [2.24, 2.45) is 0 Å². The molecule has 34 heavy (non-hydrogen) atoms. The van der Waals surface area contributed by atoms with E-state index in [0.717, 1.165) is 75.7 Å². The number of para-hydroxylation sites is 2. The van der Waals surface area contributed by atoms with E-state index in [2.05, 4.69) is 0 Å². The summed E-state index contributed by atoms with van der Waals surface area (Å²) in [6, 6.07) is 7.89. The zero-order chi connectivity index (χ0) is 24.7. The fourth-order valence-electron chi connectivity index (χ4n) is 3.93. The van der Waals surface area contributed by atoms with Crippen molar-refractivity contribution in [1.82, 2.24) is 0 Å². The van der Waals surface area contributed by atoms with Crippen molar-refractivity contribution in [3.63, 3.8) is 0 Å². The van der Waals surface area contributed by atoms with Gasteiger partial charge in [0.2, 0.25) is 0 Å². The van der Waals surface area contributed by atoms with Crippen molar-refractivity contribution in [2.45, 2.75) is 116 Å². The Kier molecular flexibility index (Phi) is 18.7. The molecule has 0 bridgehead atoms. The SMILES string of the molecule is O=C(O)CCCCCCCCCCOc1ccccc1OCCCCCCCCCCC(=O)O. The molecule has 0 spiro atoms. The second-order valence-electron chi connectivity index (χ2n) is 9.09. The summed E-state index contributed by atoms with van der Waals surface area (Å²) in [7, 11) is 0. The van der Waals surface area contributed by atoms with Crippen LogP contribution in [0.2, 0.25) is 0 Å². The first-order valence-corrected chi connectivity index (χ1v) is 13.4. The number of benzene rings is 1. The third kappa shape index (κ3) is 18.2. The number of rotatable bonds is 24. The maximum absolute atomic E-state index is 10.5. The van der Waals surface area contributed by atoms with Crippen LogP contribution in [0, 0.1) is 0 Å². The second kappa shape index (κ2) is 21.3. The van der Waals surface area contributed by atoms with E-state index in [1.165, 1.54) is 38.5 Å². The molecule has 0 fully saturated rings. The molecule has 0 aliphatic carbocycles. The Hall–Kier alpha value is -2.24. The molecule has 0 saturated heterocycles. The Balaban J connectivity index is 1.99. The summed E-state index contributed by atoms with van der Waals surface area (Å²) in [6.45, 7) is 1.40. The lowest BCUT2D eigenvalue weighted by Gasteiger charge is -2.12. The van der Waals surface area contributed by atoms with Crippen LogP contribution in [0.15, 0.2) is 24.3 Å². The van der Waals surface area contributed by atoms with Gasteiger partial charge in [0.15, 0.2) is 11.5 Å². The fraction of sp³-hybridized carbons (Fsp3) is 0.714. The minimum absolute atomic E-state index is 0.293. The molecule has 0 atom stereocenters. The lowest BCUT2D eigenvalue weighted by atomic mass is 10.1. The summed E-state index contributed by atoms with van der Waals surface area (Å²) in [5.74, 6) is 0.257. The fourth-order valence-corrected chi connectivity index (χ4v) is 3.93. The Morgan fingerprint density at radius 3 is 1.12 bits per heavy atom.